The van der Waals surface area contributed by atoms with Crippen molar-refractivity contribution in [3.05, 3.63) is 108 Å². The number of carbonyl (C=O) groups is 3. The highest BCUT2D eigenvalue weighted by Gasteiger charge is 2.63. The first-order valence-electron chi connectivity index (χ1n) is 26.3. The van der Waals surface area contributed by atoms with Crippen LogP contribution in [0, 0.1) is 17.2 Å². The number of para-hydroxylation sites is 2. The van der Waals surface area contributed by atoms with Gasteiger partial charge in [0.1, 0.15) is 54.4 Å². The van der Waals surface area contributed by atoms with Crippen LogP contribution in [0.1, 0.15) is 78.2 Å². The number of aliphatic hydroxyl groups excluding tert-OH is 1. The highest BCUT2D eigenvalue weighted by atomic mass is 35.5. The number of carbonyl (C=O) groups excluding carboxylic acids is 3. The molecule has 5 N–H and O–H groups in total. The predicted octanol–water partition coefficient (Wildman–Crippen LogP) is 5.05. The van der Waals surface area contributed by atoms with E-state index in [1.165, 1.54) is 42.1 Å². The molecule has 454 valence electrons. The van der Waals surface area contributed by atoms with E-state index in [2.05, 4.69) is 25.3 Å². The average molecular weight is 1250 g/mol. The van der Waals surface area contributed by atoms with E-state index >= 15 is 0 Å². The number of benzene rings is 2. The van der Waals surface area contributed by atoms with Gasteiger partial charge in [0.25, 0.3) is 19.1 Å². The highest BCUT2D eigenvalue weighted by Crippen LogP contribution is 2.56. The molecular weight excluding hydrogens is 1190 g/mol. The maximum atomic E-state index is 14.4. The first-order valence-corrected chi connectivity index (χ1v) is 29.9. The molecule has 1 amide bonds. The topological polar surface area (TPSA) is 382 Å². The minimum absolute atomic E-state index is 0.0210. The number of aromatic nitrogens is 6. The number of Topliss-reactive ketones (excluding diaryl/α,β-unsaturated/α-hetero) is 1. The van der Waals surface area contributed by atoms with Crippen LogP contribution in [-0.2, 0) is 65.7 Å². The van der Waals surface area contributed by atoms with Crippen molar-refractivity contribution in [2.24, 2.45) is 5.92 Å². The second-order valence-electron chi connectivity index (χ2n) is 19.5. The zero-order valence-electron chi connectivity index (χ0n) is 45.2. The Kier molecular flexibility index (Phi) is 21.9. The number of phosphoric acid groups is 1. The van der Waals surface area contributed by atoms with Crippen LogP contribution in [0.3, 0.4) is 0 Å². The number of nitriles is 1. The predicted molar refractivity (Wildman–Crippen MR) is 293 cm³/mol. The molecule has 5 aromatic rings. The van der Waals surface area contributed by atoms with Gasteiger partial charge < -0.3 is 57.2 Å². The number of anilines is 1. The molecule has 0 bridgehead atoms. The lowest BCUT2D eigenvalue weighted by molar-refractivity contribution is -0.188. The number of hydrogen-bond donors (Lipinski definition) is 5. The Morgan fingerprint density at radius 1 is 0.940 bits per heavy atom. The molecule has 4 saturated heterocycles. The van der Waals surface area contributed by atoms with Crippen molar-refractivity contribution in [2.75, 3.05) is 38.4 Å². The lowest BCUT2D eigenvalue weighted by Crippen LogP contribution is -2.50. The van der Waals surface area contributed by atoms with Gasteiger partial charge in [-0.3, -0.25) is 57.2 Å². The monoisotopic (exact) mass is 1250 g/mol. The number of H-pyrrole nitrogens is 2. The zero-order valence-corrected chi connectivity index (χ0v) is 48.6. The lowest BCUT2D eigenvalue weighted by atomic mass is 10.1. The maximum absolute atomic E-state index is 14.4. The summed E-state index contributed by atoms with van der Waals surface area (Å²) in [5.74, 6) is -1.91. The number of esters is 1. The first kappa shape index (κ1) is 63.8. The lowest BCUT2D eigenvalue weighted by Gasteiger charge is -2.33. The van der Waals surface area contributed by atoms with Crippen LogP contribution < -0.4 is 31.2 Å². The highest BCUT2D eigenvalue weighted by molar-refractivity contribution is 7.49. The van der Waals surface area contributed by atoms with E-state index in [1.54, 1.807) is 38.1 Å². The quantitative estimate of drug-likeness (QED) is 0.0307. The van der Waals surface area contributed by atoms with Gasteiger partial charge in [-0.1, -0.05) is 61.3 Å². The van der Waals surface area contributed by atoms with Crippen molar-refractivity contribution in [2.45, 2.75) is 127 Å². The van der Waals surface area contributed by atoms with Gasteiger partial charge in [0, 0.05) is 50.7 Å². The smallest absolute Gasteiger partial charge is 0.463 e. The number of nitrogens with zero attached hydrogens (tertiary/aromatic N) is 5. The molecule has 2 aromatic carbocycles. The van der Waals surface area contributed by atoms with Crippen LogP contribution in [0.2, 0.25) is 10.0 Å². The molecule has 4 aliphatic rings. The molecule has 0 saturated carbocycles. The van der Waals surface area contributed by atoms with E-state index in [-0.39, 0.29) is 70.3 Å². The number of nitrogens with one attached hydrogen (secondary N) is 3. The molecule has 4 aliphatic heterocycles. The summed E-state index contributed by atoms with van der Waals surface area (Å²) >= 11 is 12.4. The maximum Gasteiger partial charge on any atom is 0.530 e. The summed E-state index contributed by atoms with van der Waals surface area (Å²) in [5, 5.41) is 31.1. The molecule has 0 radical (unpaired) electrons. The first-order chi connectivity index (χ1) is 40.2. The average Bonchev–Trinajstić information content (AvgIpc) is 2.53. The number of hydrogen-bond acceptors (Lipinski definition) is 24. The Morgan fingerprint density at radius 2 is 1.62 bits per heavy atom. The Morgan fingerprint density at radius 3 is 2.24 bits per heavy atom. The molecule has 0 aliphatic carbocycles. The Hall–Kier alpha value is -6.19. The second-order valence-corrected chi connectivity index (χ2v) is 23.5. The molecular formula is C51H60Cl2N8O21P2. The van der Waals surface area contributed by atoms with E-state index in [4.69, 9.17) is 79.7 Å². The molecule has 84 heavy (non-hydrogen) atoms. The molecule has 33 heteroatoms. The molecule has 12 atom stereocenters. The zero-order chi connectivity index (χ0) is 60.3. The summed E-state index contributed by atoms with van der Waals surface area (Å²) in [7, 11) is -8.18. The fourth-order valence-corrected chi connectivity index (χ4v) is 12.2. The molecule has 3 aromatic heterocycles. The van der Waals surface area contributed by atoms with E-state index < -0.39 is 125 Å². The van der Waals surface area contributed by atoms with Gasteiger partial charge in [0.2, 0.25) is 17.2 Å². The van der Waals surface area contributed by atoms with E-state index in [1.807, 2.05) is 6.07 Å². The number of rotatable bonds is 24. The minimum Gasteiger partial charge on any atom is -0.463 e. The molecule has 4 unspecified atom stereocenters. The molecule has 7 heterocycles. The fourth-order valence-electron chi connectivity index (χ4n) is 8.91. The van der Waals surface area contributed by atoms with Crippen molar-refractivity contribution in [3.63, 3.8) is 0 Å². The summed E-state index contributed by atoms with van der Waals surface area (Å²) in [4.78, 5) is 86.7. The van der Waals surface area contributed by atoms with Crippen molar-refractivity contribution < 1.29 is 85.0 Å². The van der Waals surface area contributed by atoms with Gasteiger partial charge >= 0.3 is 19.5 Å². The van der Waals surface area contributed by atoms with Crippen molar-refractivity contribution in [1.29, 1.82) is 5.26 Å². The van der Waals surface area contributed by atoms with Gasteiger partial charge in [0.05, 0.1) is 48.5 Å². The number of imidazole rings is 1. The van der Waals surface area contributed by atoms with Gasteiger partial charge in [-0.05, 0) is 44.0 Å². The number of fused-ring (bicyclic) bond motifs is 1. The number of amides is 1. The van der Waals surface area contributed by atoms with E-state index in [9.17, 15) is 48.1 Å². The summed E-state index contributed by atoms with van der Waals surface area (Å²) in [6.07, 6.45) is -6.61. The van der Waals surface area contributed by atoms with Crippen molar-refractivity contribution in [3.8, 4) is 17.6 Å². The van der Waals surface area contributed by atoms with Gasteiger partial charge in [0.15, 0.2) is 36.2 Å². The number of ketones is 1. The van der Waals surface area contributed by atoms with Crippen LogP contribution >= 0.6 is 39.1 Å². The number of ether oxygens (including phenoxy) is 7. The van der Waals surface area contributed by atoms with Gasteiger partial charge in [-0.2, -0.15) is 10.2 Å². The van der Waals surface area contributed by atoms with Gasteiger partial charge in [-0.15, -0.1) is 0 Å². The van der Waals surface area contributed by atoms with Crippen molar-refractivity contribution >= 4 is 73.8 Å². The SMILES string of the molecule is CC(=O)CCC(=O)OC[C@H]1O[C@@H](n2cnc3c(=O)[nH]c(NC(=O)C(C)C)nc32)[C@H](OC2CCCO2)[C@@H]1OP(=O)(OCCC#N)Oc1ccccc1Cl.O=c1ccn([C@@H]2O[C@H](CO)[C@](O)([PH](=O)Oc3ccccc3Cl)[C@H]2OC2CCCO2)c(=O)[nH]1. The Labute approximate surface area is 488 Å². The van der Waals surface area contributed by atoms with Crippen molar-refractivity contribution in [1.82, 2.24) is 29.1 Å². The number of aromatic amines is 2. The summed E-state index contributed by atoms with van der Waals surface area (Å²) in [6.45, 7) is 3.90. The third-order valence-corrected chi connectivity index (χ3v) is 16.8. The summed E-state index contributed by atoms with van der Waals surface area (Å²) in [5.41, 5.74) is -2.26. The third-order valence-electron chi connectivity index (χ3n) is 13.1. The summed E-state index contributed by atoms with van der Waals surface area (Å²) < 4.78 is 94.2. The van der Waals surface area contributed by atoms with Crippen LogP contribution in [-0.4, -0.2) is 138 Å². The Bertz CT molecular complexity index is 3440. The van der Waals surface area contributed by atoms with Crippen LogP contribution in [0.25, 0.3) is 11.2 Å². The second kappa shape index (κ2) is 28.8. The Balaban J connectivity index is 0.000000245. The number of phosphoric ester groups is 1. The number of aliphatic hydroxyl groups is 2. The standard InChI is InChI=1S/C32H38ClN6O12P.C19H22ClN2O9P/c1-18(2)29(42)37-32-36-28-25(30(43)38-32)35-17-39(28)31-27(49-24-10-6-14-45-24)26(22(48-31)16-46-23(41)12-11-19(3)40)51-52(44,47-15-7-13-34)50-21-9-5-4-8-20(21)33;20-11-4-1-2-5-12(11)31-32(27)19(26)13(10-23)29-17(16(19)30-15-6-3-9-28-15)22-8-7-14(24)21-18(22)25/h4-5,8-9,17-18,22,24,26-27,31H,6-7,10-12,14-16H2,1-3H3,(H2,36,37,38,42,43);1-2,4-5,7-8,13,15-17,23,26,32H,3,6,9-10H2,(H,21,24,25)/t22-,24?,26-,27-,31-,52?;13-,15?,16+,17-,19+/m11/s1. The number of halogens is 2. The van der Waals surface area contributed by atoms with Crippen LogP contribution in [0.15, 0.2) is 81.5 Å². The molecule has 29 nitrogen and oxygen atoms in total. The van der Waals surface area contributed by atoms with Crippen LogP contribution in [0.5, 0.6) is 11.5 Å². The normalized spacial score (nSPS) is 25.8. The molecule has 9 rings (SSSR count). The minimum atomic E-state index is -4.70. The van der Waals surface area contributed by atoms with E-state index in [0.717, 1.165) is 16.8 Å². The van der Waals surface area contributed by atoms with Gasteiger partial charge in [-0.25, -0.2) is 14.3 Å². The molecule has 4 fully saturated rings. The summed E-state index contributed by atoms with van der Waals surface area (Å²) in [6, 6.07) is 15.4. The fraction of sp³-hybridized carbons (Fsp3) is 0.510. The van der Waals surface area contributed by atoms with E-state index in [0.29, 0.717) is 38.9 Å². The third kappa shape index (κ3) is 15.4. The van der Waals surface area contributed by atoms with Crippen LogP contribution in [0.4, 0.5) is 5.95 Å². The molecule has 0 spiro atoms. The largest absolute Gasteiger partial charge is 0.530 e.